The van der Waals surface area contributed by atoms with Crippen LogP contribution in [0.25, 0.3) is 22.1 Å². The third kappa shape index (κ3) is 17.5. The number of hydrogen-bond donors (Lipinski definition) is 3. The molecule has 0 aliphatic heterocycles. The van der Waals surface area contributed by atoms with Crippen LogP contribution in [-0.4, -0.2) is 43.1 Å². The van der Waals surface area contributed by atoms with Crippen LogP contribution >= 0.6 is 39.1 Å². The van der Waals surface area contributed by atoms with E-state index in [0.29, 0.717) is 49.2 Å². The molecule has 0 spiro atoms. The summed E-state index contributed by atoms with van der Waals surface area (Å²) < 4.78 is 0.962. The number of anilines is 2. The predicted molar refractivity (Wildman–Crippen MR) is 242 cm³/mol. The van der Waals surface area contributed by atoms with Gasteiger partial charge in [-0.1, -0.05) is 119 Å². The van der Waals surface area contributed by atoms with Crippen LogP contribution in [0.1, 0.15) is 96.8 Å². The number of nitrogens with one attached hydrogen (secondary N) is 2. The summed E-state index contributed by atoms with van der Waals surface area (Å²) in [6.07, 6.45) is 6.19. The fourth-order valence-corrected chi connectivity index (χ4v) is 5.12. The summed E-state index contributed by atoms with van der Waals surface area (Å²) >= 11 is 14.9. The van der Waals surface area contributed by atoms with Gasteiger partial charge in [-0.3, -0.25) is 24.4 Å². The molecule has 2 amide bonds. The first-order valence-electron chi connectivity index (χ1n) is 18.1. The fourth-order valence-electron chi connectivity index (χ4n) is 4.44. The Morgan fingerprint density at radius 1 is 0.746 bits per heavy atom. The second-order valence-corrected chi connectivity index (χ2v) is 16.5. The molecule has 4 aromatic carbocycles. The first-order valence-corrected chi connectivity index (χ1v) is 19.6. The number of amides is 2. The Morgan fingerprint density at radius 2 is 1.20 bits per heavy atom. The van der Waals surface area contributed by atoms with Crippen molar-refractivity contribution in [1.82, 2.24) is 19.9 Å². The molecular weight excluding hydrogens is 846 g/mol. The number of rotatable bonds is 6. The number of aliphatic hydroxyl groups excluding tert-OH is 1. The molecule has 1 unspecified atom stereocenters. The molecular formula is C45H52BrCl2LiN6O4. The SMILES string of the molecule is C.CC(C)(C)C(=O)Nc1cccc(Br)c1.CC(C)(C)C(=O)Nc1cccc(C(O)c2ccc3ncc(Cl)nc3c2)c1.C[CH-]CC.O=Cc1ccc2ncc(Cl)nc2c1.[Li+]. The largest absolute Gasteiger partial charge is 1.00 e. The van der Waals surface area contributed by atoms with Gasteiger partial charge in [-0.25, -0.2) is 9.97 Å². The average molecular weight is 899 g/mol. The van der Waals surface area contributed by atoms with E-state index in [1.807, 2.05) is 71.9 Å². The molecule has 0 saturated carbocycles. The molecule has 1 atom stereocenters. The predicted octanol–water partition coefficient (Wildman–Crippen LogP) is 9.14. The van der Waals surface area contributed by atoms with Gasteiger partial charge in [-0.05, 0) is 71.8 Å². The van der Waals surface area contributed by atoms with Crippen molar-refractivity contribution in [2.45, 2.75) is 75.3 Å². The van der Waals surface area contributed by atoms with Gasteiger partial charge in [0.15, 0.2) is 0 Å². The van der Waals surface area contributed by atoms with Crippen molar-refractivity contribution in [3.8, 4) is 0 Å². The van der Waals surface area contributed by atoms with Crippen molar-refractivity contribution < 1.29 is 38.4 Å². The number of benzene rings is 4. The van der Waals surface area contributed by atoms with Crippen LogP contribution in [0.2, 0.25) is 10.3 Å². The van der Waals surface area contributed by atoms with Gasteiger partial charge in [0.05, 0.1) is 34.5 Å². The van der Waals surface area contributed by atoms with E-state index in [0.717, 1.165) is 22.0 Å². The first kappa shape index (κ1) is 52.8. The number of hydrogen-bond acceptors (Lipinski definition) is 8. The Hall–Kier alpha value is -4.21. The van der Waals surface area contributed by atoms with Crippen molar-refractivity contribution in [3.05, 3.63) is 135 Å². The number of aromatic nitrogens is 4. The van der Waals surface area contributed by atoms with E-state index in [1.54, 1.807) is 54.6 Å². The monoisotopic (exact) mass is 896 g/mol. The van der Waals surface area contributed by atoms with E-state index >= 15 is 0 Å². The molecule has 3 N–H and O–H groups in total. The van der Waals surface area contributed by atoms with E-state index in [1.165, 1.54) is 18.8 Å². The van der Waals surface area contributed by atoms with E-state index < -0.39 is 11.5 Å². The second kappa shape index (κ2) is 24.8. The third-order valence-corrected chi connectivity index (χ3v) is 8.70. The smallest absolute Gasteiger partial charge is 0.384 e. The summed E-state index contributed by atoms with van der Waals surface area (Å²) in [6.45, 7) is 15.4. The van der Waals surface area contributed by atoms with Crippen molar-refractivity contribution in [2.24, 2.45) is 10.8 Å². The molecule has 0 bridgehead atoms. The fraction of sp³-hybridized carbons (Fsp3) is 0.289. The van der Waals surface area contributed by atoms with Gasteiger partial charge in [0, 0.05) is 32.2 Å². The van der Waals surface area contributed by atoms with Crippen LogP contribution in [-0.2, 0) is 9.59 Å². The van der Waals surface area contributed by atoms with Crippen molar-refractivity contribution in [1.29, 1.82) is 0 Å². The zero-order valence-corrected chi connectivity index (χ0v) is 37.4. The Kier molecular flexibility index (Phi) is 22.2. The molecule has 2 heterocycles. The van der Waals surface area contributed by atoms with Crippen LogP contribution in [0, 0.1) is 17.3 Å². The van der Waals surface area contributed by atoms with Crippen LogP contribution in [0.5, 0.6) is 0 Å². The van der Waals surface area contributed by atoms with Crippen LogP contribution in [0.4, 0.5) is 11.4 Å². The number of halogens is 3. The number of nitrogens with zero attached hydrogens (tertiary/aromatic N) is 4. The summed E-state index contributed by atoms with van der Waals surface area (Å²) in [5.74, 6) is -0.0599. The number of fused-ring (bicyclic) bond motifs is 2. The molecule has 0 fully saturated rings. The van der Waals surface area contributed by atoms with E-state index in [4.69, 9.17) is 23.2 Å². The number of carbonyl (C=O) groups excluding carboxylic acids is 3. The molecule has 0 radical (unpaired) electrons. The normalized spacial score (nSPS) is 11.1. The molecule has 6 rings (SSSR count). The minimum atomic E-state index is -0.855. The van der Waals surface area contributed by atoms with Gasteiger partial charge < -0.3 is 22.2 Å². The molecule has 2 aromatic heterocycles. The van der Waals surface area contributed by atoms with Crippen LogP contribution in [0.3, 0.4) is 0 Å². The molecule has 10 nitrogen and oxygen atoms in total. The Morgan fingerprint density at radius 3 is 1.68 bits per heavy atom. The Balaban J connectivity index is 0.000000448. The maximum absolute atomic E-state index is 12.2. The standard InChI is InChI=1S/C20H20ClN3O2.C11H14BrNO.C9H5ClN2O.C4H9.CH4.Li/c1-20(2,3)19(26)23-14-6-4-5-12(9-14)18(25)13-7-8-15-16(10-13)24-17(21)11-22-15;1-11(2,3)10(14)13-9-6-4-5-8(12)7-9;10-9-4-11-7-2-1-6(5-13)3-8(7)12-9;1-3-4-2;;/h4-11,18,25H,1-3H3,(H,23,26);4-7H,1-3H3,(H,13,14);1-5H;3H,4H2,1-2H3;1H4;/q;;;-1;;+1. The maximum Gasteiger partial charge on any atom is 1.00 e. The summed E-state index contributed by atoms with van der Waals surface area (Å²) in [4.78, 5) is 50.7. The van der Waals surface area contributed by atoms with E-state index in [2.05, 4.69) is 66.8 Å². The van der Waals surface area contributed by atoms with E-state index in [9.17, 15) is 19.5 Å². The topological polar surface area (TPSA) is 147 Å². The Labute approximate surface area is 378 Å². The molecule has 0 aliphatic carbocycles. The van der Waals surface area contributed by atoms with Gasteiger partial charge in [-0.2, -0.15) is 13.3 Å². The molecule has 0 aliphatic rings. The zero-order chi connectivity index (χ0) is 42.3. The summed E-state index contributed by atoms with van der Waals surface area (Å²) in [6, 6.07) is 25.2. The summed E-state index contributed by atoms with van der Waals surface area (Å²) in [5.41, 5.74) is 5.22. The zero-order valence-electron chi connectivity index (χ0n) is 34.3. The molecule has 59 heavy (non-hydrogen) atoms. The first-order chi connectivity index (χ1) is 26.8. The summed E-state index contributed by atoms with van der Waals surface area (Å²) in [5, 5.41) is 17.1. The minimum Gasteiger partial charge on any atom is -0.384 e. The Bertz CT molecular complexity index is 2300. The second-order valence-electron chi connectivity index (χ2n) is 14.8. The van der Waals surface area contributed by atoms with Gasteiger partial charge in [0.25, 0.3) is 0 Å². The number of carbonyl (C=O) groups is 3. The van der Waals surface area contributed by atoms with Crippen LogP contribution < -0.4 is 29.5 Å². The van der Waals surface area contributed by atoms with Crippen LogP contribution in [0.15, 0.2) is 102 Å². The minimum absolute atomic E-state index is 0. The maximum atomic E-state index is 12.2. The number of unbranched alkanes of at least 4 members (excludes halogenated alkanes) is 1. The van der Waals surface area contributed by atoms with Gasteiger partial charge in [0.2, 0.25) is 11.8 Å². The third-order valence-electron chi connectivity index (χ3n) is 7.84. The van der Waals surface area contributed by atoms with Crippen molar-refractivity contribution in [2.75, 3.05) is 10.6 Å². The molecule has 0 saturated heterocycles. The summed E-state index contributed by atoms with van der Waals surface area (Å²) in [7, 11) is 0. The molecule has 14 heteroatoms. The van der Waals surface area contributed by atoms with E-state index in [-0.39, 0.29) is 43.5 Å². The van der Waals surface area contributed by atoms with Gasteiger partial charge >= 0.3 is 18.9 Å². The quantitative estimate of drug-likeness (QED) is 0.0853. The molecule has 308 valence electrons. The van der Waals surface area contributed by atoms with Crippen molar-refractivity contribution in [3.63, 3.8) is 0 Å². The van der Waals surface area contributed by atoms with Gasteiger partial charge in [0.1, 0.15) is 22.7 Å². The van der Waals surface area contributed by atoms with Gasteiger partial charge in [-0.15, -0.1) is 0 Å². The average Bonchev–Trinajstić information content (AvgIpc) is 3.17. The van der Waals surface area contributed by atoms with Crippen molar-refractivity contribution >= 4 is 90.7 Å². The molecule has 6 aromatic rings. The number of aliphatic hydroxyl groups is 1. The number of aldehydes is 1.